The van der Waals surface area contributed by atoms with Crippen LogP contribution in [-0.2, 0) is 18.7 Å². The fourth-order valence-electron chi connectivity index (χ4n) is 2.23. The zero-order valence-corrected chi connectivity index (χ0v) is 12.1. The summed E-state index contributed by atoms with van der Waals surface area (Å²) in [5.41, 5.74) is 1.04. The molecule has 0 fully saturated rings. The molecular weight excluding hydrogens is 280 g/mol. The van der Waals surface area contributed by atoms with Crippen molar-refractivity contribution in [3.8, 4) is 0 Å². The molecule has 19 heavy (non-hydrogen) atoms. The lowest BCUT2D eigenvalue weighted by Crippen LogP contribution is -2.02. The molecule has 100 valence electrons. The largest absolute Gasteiger partial charge is 0.306 e. The van der Waals surface area contributed by atoms with Crippen LogP contribution in [0.25, 0.3) is 0 Å². The molecule has 2 aromatic rings. The number of thioether (sulfide) groups is 1. The molecule has 0 saturated carbocycles. The molecule has 0 radical (unpaired) electrons. The second kappa shape index (κ2) is 5.92. The maximum Gasteiger partial charge on any atom is 0.191 e. The van der Waals surface area contributed by atoms with Gasteiger partial charge in [0.15, 0.2) is 5.16 Å². The lowest BCUT2D eigenvalue weighted by Gasteiger charge is -2.06. The summed E-state index contributed by atoms with van der Waals surface area (Å²) in [6.07, 6.45) is 6.46. The Morgan fingerprint density at radius 3 is 3.11 bits per heavy atom. The van der Waals surface area contributed by atoms with Gasteiger partial charge in [0.1, 0.15) is 11.0 Å². The first-order valence-electron chi connectivity index (χ1n) is 6.49. The van der Waals surface area contributed by atoms with Crippen LogP contribution >= 0.6 is 23.4 Å². The fourth-order valence-corrected chi connectivity index (χ4v) is 3.47. The van der Waals surface area contributed by atoms with Crippen LogP contribution in [0.3, 0.4) is 0 Å². The summed E-state index contributed by atoms with van der Waals surface area (Å²) in [6, 6.07) is 3.91. The molecule has 0 aliphatic carbocycles. The molecule has 0 amide bonds. The zero-order chi connectivity index (χ0) is 13.1. The Bertz CT molecular complexity index is 570. The molecule has 4 nitrogen and oxygen atoms in total. The van der Waals surface area contributed by atoms with Crippen molar-refractivity contribution < 1.29 is 0 Å². The normalized spacial score (nSPS) is 15.0. The maximum absolute atomic E-state index is 6.07. The Balaban J connectivity index is 1.74. The summed E-state index contributed by atoms with van der Waals surface area (Å²) in [6.45, 7) is 1.03. The van der Waals surface area contributed by atoms with Gasteiger partial charge in [-0.15, -0.1) is 10.2 Å². The average molecular weight is 295 g/mol. The van der Waals surface area contributed by atoms with E-state index in [2.05, 4.69) is 19.7 Å². The highest BCUT2D eigenvalue weighted by Gasteiger charge is 2.15. The van der Waals surface area contributed by atoms with E-state index in [1.54, 1.807) is 18.0 Å². The standard InChI is InChI=1S/C13H15ClN4S/c14-12-10(5-4-7-15-12)9-19-13-17-16-11-6-2-1-3-8-18(11)13/h4-5,7H,1-3,6,8-9H2. The minimum atomic E-state index is 0.575. The topological polar surface area (TPSA) is 43.6 Å². The van der Waals surface area contributed by atoms with E-state index in [1.165, 1.54) is 19.3 Å². The van der Waals surface area contributed by atoms with Gasteiger partial charge < -0.3 is 4.57 Å². The van der Waals surface area contributed by atoms with Crippen LogP contribution in [0.2, 0.25) is 5.15 Å². The van der Waals surface area contributed by atoms with E-state index in [0.29, 0.717) is 5.15 Å². The van der Waals surface area contributed by atoms with Crippen LogP contribution in [0.4, 0.5) is 0 Å². The first-order chi connectivity index (χ1) is 9.34. The quantitative estimate of drug-likeness (QED) is 0.643. The lowest BCUT2D eigenvalue weighted by molar-refractivity contribution is 0.591. The van der Waals surface area contributed by atoms with Crippen molar-refractivity contribution in [3.05, 3.63) is 34.9 Å². The van der Waals surface area contributed by atoms with Crippen molar-refractivity contribution in [1.82, 2.24) is 19.7 Å². The Labute approximate surface area is 121 Å². The second-order valence-electron chi connectivity index (χ2n) is 4.60. The van der Waals surface area contributed by atoms with E-state index in [4.69, 9.17) is 11.6 Å². The molecule has 0 bridgehead atoms. The van der Waals surface area contributed by atoms with E-state index in [1.807, 2.05) is 12.1 Å². The van der Waals surface area contributed by atoms with Crippen LogP contribution in [-0.4, -0.2) is 19.7 Å². The molecule has 0 unspecified atom stereocenters. The van der Waals surface area contributed by atoms with Crippen LogP contribution in [0.1, 0.15) is 30.7 Å². The summed E-state index contributed by atoms with van der Waals surface area (Å²) in [5.74, 6) is 1.91. The van der Waals surface area contributed by atoms with Crippen molar-refractivity contribution in [1.29, 1.82) is 0 Å². The fraction of sp³-hybridized carbons (Fsp3) is 0.462. The van der Waals surface area contributed by atoms with Crippen LogP contribution < -0.4 is 0 Å². The van der Waals surface area contributed by atoms with Gasteiger partial charge in [-0.25, -0.2) is 4.98 Å². The summed E-state index contributed by atoms with van der Waals surface area (Å²) >= 11 is 7.75. The Kier molecular flexibility index (Phi) is 4.03. The molecule has 1 aliphatic rings. The monoisotopic (exact) mass is 294 g/mol. The smallest absolute Gasteiger partial charge is 0.191 e. The molecule has 0 atom stereocenters. The molecule has 6 heteroatoms. The summed E-state index contributed by atoms with van der Waals surface area (Å²) in [5, 5.41) is 10.2. The molecular formula is C13H15ClN4S. The van der Waals surface area contributed by atoms with Gasteiger partial charge in [-0.1, -0.05) is 35.9 Å². The second-order valence-corrected chi connectivity index (χ2v) is 5.90. The highest BCUT2D eigenvalue weighted by Crippen LogP contribution is 2.26. The number of hydrogen-bond acceptors (Lipinski definition) is 4. The number of pyridine rings is 1. The predicted octanol–water partition coefficient (Wildman–Crippen LogP) is 3.35. The van der Waals surface area contributed by atoms with Gasteiger partial charge in [-0.05, 0) is 24.5 Å². The first-order valence-corrected chi connectivity index (χ1v) is 7.85. The minimum Gasteiger partial charge on any atom is -0.306 e. The van der Waals surface area contributed by atoms with Crippen molar-refractivity contribution >= 4 is 23.4 Å². The van der Waals surface area contributed by atoms with Gasteiger partial charge in [-0.3, -0.25) is 0 Å². The Morgan fingerprint density at radius 1 is 1.26 bits per heavy atom. The number of halogens is 1. The average Bonchev–Trinajstić information content (AvgIpc) is 2.66. The third-order valence-electron chi connectivity index (χ3n) is 3.27. The van der Waals surface area contributed by atoms with Crippen molar-refractivity contribution in [2.45, 2.75) is 43.1 Å². The molecule has 3 heterocycles. The lowest BCUT2D eigenvalue weighted by atomic mass is 10.2. The van der Waals surface area contributed by atoms with E-state index in [9.17, 15) is 0 Å². The summed E-state index contributed by atoms with van der Waals surface area (Å²) in [7, 11) is 0. The van der Waals surface area contributed by atoms with Gasteiger partial charge in [0, 0.05) is 24.9 Å². The van der Waals surface area contributed by atoms with E-state index in [-0.39, 0.29) is 0 Å². The molecule has 0 spiro atoms. The molecule has 1 aliphatic heterocycles. The maximum atomic E-state index is 6.07. The number of nitrogens with zero attached hydrogens (tertiary/aromatic N) is 4. The van der Waals surface area contributed by atoms with Gasteiger partial charge in [0.05, 0.1) is 0 Å². The summed E-state index contributed by atoms with van der Waals surface area (Å²) in [4.78, 5) is 4.09. The van der Waals surface area contributed by atoms with Gasteiger partial charge in [0.2, 0.25) is 0 Å². The summed E-state index contributed by atoms with van der Waals surface area (Å²) < 4.78 is 2.25. The molecule has 0 N–H and O–H groups in total. The Hall–Kier alpha value is -1.07. The predicted molar refractivity (Wildman–Crippen MR) is 76.4 cm³/mol. The van der Waals surface area contributed by atoms with Crippen molar-refractivity contribution in [2.24, 2.45) is 0 Å². The van der Waals surface area contributed by atoms with Gasteiger partial charge in [0.25, 0.3) is 0 Å². The van der Waals surface area contributed by atoms with Crippen LogP contribution in [0, 0.1) is 0 Å². The van der Waals surface area contributed by atoms with Crippen molar-refractivity contribution in [2.75, 3.05) is 0 Å². The number of aryl methyl sites for hydroxylation is 1. The van der Waals surface area contributed by atoms with Crippen LogP contribution in [0.5, 0.6) is 0 Å². The van der Waals surface area contributed by atoms with E-state index >= 15 is 0 Å². The highest BCUT2D eigenvalue weighted by molar-refractivity contribution is 7.98. The SMILES string of the molecule is Clc1ncccc1CSc1nnc2n1CCCCC2. The molecule has 3 rings (SSSR count). The van der Waals surface area contributed by atoms with Crippen molar-refractivity contribution in [3.63, 3.8) is 0 Å². The van der Waals surface area contributed by atoms with Crippen LogP contribution in [0.15, 0.2) is 23.5 Å². The zero-order valence-electron chi connectivity index (χ0n) is 10.5. The van der Waals surface area contributed by atoms with E-state index < -0.39 is 0 Å². The van der Waals surface area contributed by atoms with Gasteiger partial charge >= 0.3 is 0 Å². The van der Waals surface area contributed by atoms with E-state index in [0.717, 1.165) is 35.3 Å². The Morgan fingerprint density at radius 2 is 2.21 bits per heavy atom. The first kappa shape index (κ1) is 12.9. The molecule has 0 saturated heterocycles. The number of rotatable bonds is 3. The molecule has 2 aromatic heterocycles. The minimum absolute atomic E-state index is 0.575. The number of aromatic nitrogens is 4. The van der Waals surface area contributed by atoms with Gasteiger partial charge in [-0.2, -0.15) is 0 Å². The third kappa shape index (κ3) is 2.92. The molecule has 0 aromatic carbocycles. The highest BCUT2D eigenvalue weighted by atomic mass is 35.5. The third-order valence-corrected chi connectivity index (χ3v) is 4.62. The number of hydrogen-bond donors (Lipinski definition) is 0. The number of fused-ring (bicyclic) bond motifs is 1.